The number of pyridine rings is 1. The van der Waals surface area contributed by atoms with Crippen molar-refractivity contribution < 1.29 is 9.59 Å². The lowest BCUT2D eigenvalue weighted by molar-refractivity contribution is 0.100. The molecular formula is C13H10ClN3O2. The van der Waals surface area contributed by atoms with E-state index in [1.807, 2.05) is 0 Å². The van der Waals surface area contributed by atoms with Crippen LogP contribution in [0.4, 0.5) is 5.69 Å². The fraction of sp³-hybridized carbons (Fsp3) is 0. The molecule has 1 aromatic heterocycles. The van der Waals surface area contributed by atoms with Crippen LogP contribution in [0.25, 0.3) is 0 Å². The highest BCUT2D eigenvalue weighted by molar-refractivity contribution is 6.31. The van der Waals surface area contributed by atoms with E-state index in [4.69, 9.17) is 17.3 Å². The van der Waals surface area contributed by atoms with Crippen LogP contribution < -0.4 is 11.1 Å². The molecule has 0 unspecified atom stereocenters. The Bertz CT molecular complexity index is 629. The van der Waals surface area contributed by atoms with Crippen molar-refractivity contribution in [2.45, 2.75) is 0 Å². The largest absolute Gasteiger partial charge is 0.366 e. The number of carbonyl (C=O) groups is 2. The van der Waals surface area contributed by atoms with Crippen molar-refractivity contribution in [1.29, 1.82) is 0 Å². The van der Waals surface area contributed by atoms with Gasteiger partial charge in [-0.25, -0.2) is 0 Å². The molecular weight excluding hydrogens is 266 g/mol. The van der Waals surface area contributed by atoms with Crippen LogP contribution >= 0.6 is 11.6 Å². The Morgan fingerprint density at radius 1 is 1.21 bits per heavy atom. The van der Waals surface area contributed by atoms with Crippen molar-refractivity contribution in [2.24, 2.45) is 5.73 Å². The number of nitrogens with two attached hydrogens (primary N) is 1. The Kier molecular flexibility index (Phi) is 3.77. The van der Waals surface area contributed by atoms with Gasteiger partial charge in [-0.15, -0.1) is 0 Å². The second-order valence-electron chi connectivity index (χ2n) is 3.72. The van der Waals surface area contributed by atoms with Gasteiger partial charge in [0.2, 0.25) is 0 Å². The van der Waals surface area contributed by atoms with Gasteiger partial charge < -0.3 is 11.1 Å². The SMILES string of the molecule is NC(=O)c1cc(Cl)ccc1NC(=O)c1ccccn1. The first-order chi connectivity index (χ1) is 9.08. The minimum Gasteiger partial charge on any atom is -0.366 e. The molecule has 0 radical (unpaired) electrons. The van der Waals surface area contributed by atoms with E-state index >= 15 is 0 Å². The predicted molar refractivity (Wildman–Crippen MR) is 72.2 cm³/mol. The number of anilines is 1. The highest BCUT2D eigenvalue weighted by Crippen LogP contribution is 2.20. The Morgan fingerprint density at radius 3 is 2.63 bits per heavy atom. The van der Waals surface area contributed by atoms with Gasteiger partial charge in [0.15, 0.2) is 0 Å². The van der Waals surface area contributed by atoms with Crippen LogP contribution in [0.1, 0.15) is 20.8 Å². The zero-order chi connectivity index (χ0) is 13.8. The van der Waals surface area contributed by atoms with Gasteiger partial charge >= 0.3 is 0 Å². The molecule has 0 saturated carbocycles. The molecule has 2 aromatic rings. The summed E-state index contributed by atoms with van der Waals surface area (Å²) in [4.78, 5) is 27.1. The van der Waals surface area contributed by atoms with Crippen molar-refractivity contribution >= 4 is 29.1 Å². The highest BCUT2D eigenvalue weighted by Gasteiger charge is 2.13. The lowest BCUT2D eigenvalue weighted by Gasteiger charge is -2.08. The molecule has 0 spiro atoms. The molecule has 2 amide bonds. The third-order valence-corrected chi connectivity index (χ3v) is 2.63. The van der Waals surface area contributed by atoms with E-state index in [0.717, 1.165) is 0 Å². The summed E-state index contributed by atoms with van der Waals surface area (Å²) in [5.41, 5.74) is 5.93. The average molecular weight is 276 g/mol. The van der Waals surface area contributed by atoms with Gasteiger partial charge in [0.1, 0.15) is 5.69 Å². The average Bonchev–Trinajstić information content (AvgIpc) is 2.41. The van der Waals surface area contributed by atoms with E-state index in [1.165, 1.54) is 18.3 Å². The number of carbonyl (C=O) groups excluding carboxylic acids is 2. The van der Waals surface area contributed by atoms with E-state index in [2.05, 4.69) is 10.3 Å². The molecule has 0 aliphatic heterocycles. The van der Waals surface area contributed by atoms with Crippen molar-refractivity contribution in [3.8, 4) is 0 Å². The van der Waals surface area contributed by atoms with E-state index in [1.54, 1.807) is 24.3 Å². The molecule has 1 heterocycles. The monoisotopic (exact) mass is 275 g/mol. The quantitative estimate of drug-likeness (QED) is 0.899. The number of nitrogens with zero attached hydrogens (tertiary/aromatic N) is 1. The number of hydrogen-bond donors (Lipinski definition) is 2. The summed E-state index contributed by atoms with van der Waals surface area (Å²) in [7, 11) is 0. The van der Waals surface area contributed by atoms with Crippen LogP contribution in [-0.4, -0.2) is 16.8 Å². The first-order valence-electron chi connectivity index (χ1n) is 5.39. The minimum absolute atomic E-state index is 0.150. The van der Waals surface area contributed by atoms with Gasteiger partial charge in [-0.2, -0.15) is 0 Å². The van der Waals surface area contributed by atoms with Gasteiger partial charge in [0.25, 0.3) is 11.8 Å². The summed E-state index contributed by atoms with van der Waals surface area (Å²) in [6.07, 6.45) is 1.51. The molecule has 0 aliphatic rings. The van der Waals surface area contributed by atoms with Crippen LogP contribution in [0.15, 0.2) is 42.6 Å². The number of benzene rings is 1. The maximum absolute atomic E-state index is 11.9. The Hall–Kier alpha value is -2.40. The van der Waals surface area contributed by atoms with E-state index in [-0.39, 0.29) is 11.3 Å². The zero-order valence-electron chi connectivity index (χ0n) is 9.76. The molecule has 0 aliphatic carbocycles. The van der Waals surface area contributed by atoms with E-state index in [9.17, 15) is 9.59 Å². The fourth-order valence-electron chi connectivity index (χ4n) is 1.51. The van der Waals surface area contributed by atoms with Crippen molar-refractivity contribution in [3.63, 3.8) is 0 Å². The lowest BCUT2D eigenvalue weighted by Crippen LogP contribution is -2.18. The van der Waals surface area contributed by atoms with Crippen LogP contribution in [0.3, 0.4) is 0 Å². The third kappa shape index (κ3) is 3.08. The molecule has 2 rings (SSSR count). The van der Waals surface area contributed by atoms with Gasteiger partial charge in [-0.1, -0.05) is 17.7 Å². The molecule has 1 aromatic carbocycles. The molecule has 0 fully saturated rings. The second-order valence-corrected chi connectivity index (χ2v) is 4.16. The molecule has 0 bridgehead atoms. The molecule has 0 atom stereocenters. The number of rotatable bonds is 3. The summed E-state index contributed by atoms with van der Waals surface area (Å²) in [5.74, 6) is -1.09. The standard InChI is InChI=1S/C13H10ClN3O2/c14-8-4-5-10(9(7-8)12(15)18)17-13(19)11-3-1-2-6-16-11/h1-7H,(H2,15,18)(H,17,19). The van der Waals surface area contributed by atoms with Crippen LogP contribution in [0, 0.1) is 0 Å². The topological polar surface area (TPSA) is 85.1 Å². The van der Waals surface area contributed by atoms with Crippen molar-refractivity contribution in [1.82, 2.24) is 4.98 Å². The van der Waals surface area contributed by atoms with Gasteiger partial charge in [-0.05, 0) is 30.3 Å². The normalized spacial score (nSPS) is 9.95. The molecule has 96 valence electrons. The molecule has 0 saturated heterocycles. The van der Waals surface area contributed by atoms with Crippen LogP contribution in [0.5, 0.6) is 0 Å². The number of primary amides is 1. The number of nitrogens with one attached hydrogen (secondary N) is 1. The lowest BCUT2D eigenvalue weighted by atomic mass is 10.1. The predicted octanol–water partition coefficient (Wildman–Crippen LogP) is 2.09. The van der Waals surface area contributed by atoms with Gasteiger partial charge in [-0.3, -0.25) is 14.6 Å². The number of halogens is 1. The molecule has 19 heavy (non-hydrogen) atoms. The molecule has 6 heteroatoms. The number of hydrogen-bond acceptors (Lipinski definition) is 3. The Balaban J connectivity index is 2.29. The first kappa shape index (κ1) is 13.0. The number of aromatic nitrogens is 1. The molecule has 3 N–H and O–H groups in total. The van der Waals surface area contributed by atoms with Gasteiger partial charge in [0.05, 0.1) is 11.3 Å². The van der Waals surface area contributed by atoms with Crippen molar-refractivity contribution in [2.75, 3.05) is 5.32 Å². The van der Waals surface area contributed by atoms with Crippen LogP contribution in [0.2, 0.25) is 5.02 Å². The first-order valence-corrected chi connectivity index (χ1v) is 5.77. The van der Waals surface area contributed by atoms with Crippen LogP contribution in [-0.2, 0) is 0 Å². The smallest absolute Gasteiger partial charge is 0.274 e. The van der Waals surface area contributed by atoms with E-state index in [0.29, 0.717) is 10.7 Å². The second kappa shape index (κ2) is 5.49. The van der Waals surface area contributed by atoms with Crippen molar-refractivity contribution in [3.05, 3.63) is 58.9 Å². The van der Waals surface area contributed by atoms with E-state index < -0.39 is 11.8 Å². The third-order valence-electron chi connectivity index (χ3n) is 2.39. The Labute approximate surface area is 114 Å². The summed E-state index contributed by atoms with van der Waals surface area (Å²) in [6, 6.07) is 9.44. The fourth-order valence-corrected chi connectivity index (χ4v) is 1.68. The minimum atomic E-state index is -0.668. The zero-order valence-corrected chi connectivity index (χ0v) is 10.5. The summed E-state index contributed by atoms with van der Waals surface area (Å²) in [6.45, 7) is 0. The maximum atomic E-state index is 11.9. The summed E-state index contributed by atoms with van der Waals surface area (Å²) in [5, 5.41) is 2.94. The molecule has 5 nitrogen and oxygen atoms in total. The number of amides is 2. The maximum Gasteiger partial charge on any atom is 0.274 e. The summed E-state index contributed by atoms with van der Waals surface area (Å²) >= 11 is 5.78. The highest BCUT2D eigenvalue weighted by atomic mass is 35.5. The summed E-state index contributed by atoms with van der Waals surface area (Å²) < 4.78 is 0. The van der Waals surface area contributed by atoms with Gasteiger partial charge in [0, 0.05) is 11.2 Å². The Morgan fingerprint density at radius 2 is 2.00 bits per heavy atom.